The van der Waals surface area contributed by atoms with Gasteiger partial charge in [0.2, 0.25) is 0 Å². The van der Waals surface area contributed by atoms with Crippen molar-refractivity contribution < 1.29 is 23.9 Å². The van der Waals surface area contributed by atoms with Crippen molar-refractivity contribution in [3.8, 4) is 5.75 Å². The van der Waals surface area contributed by atoms with Gasteiger partial charge in [-0.15, -0.1) is 0 Å². The van der Waals surface area contributed by atoms with E-state index in [1.807, 2.05) is 0 Å². The lowest BCUT2D eigenvalue weighted by Gasteiger charge is -2.29. The van der Waals surface area contributed by atoms with Crippen LogP contribution in [0.1, 0.15) is 38.8 Å². The molecule has 0 bridgehead atoms. The molecule has 8 heteroatoms. The topological polar surface area (TPSA) is 97.4 Å². The Morgan fingerprint density at radius 1 is 1.50 bits per heavy atom. The van der Waals surface area contributed by atoms with E-state index in [1.165, 1.54) is 11.0 Å². The molecule has 7 nitrogen and oxygen atoms in total. The molecular weight excluding hydrogens is 317 g/mol. The van der Waals surface area contributed by atoms with E-state index in [-0.39, 0.29) is 41.9 Å². The van der Waals surface area contributed by atoms with Crippen LogP contribution < -0.4 is 10.5 Å². The molecule has 0 unspecified atom stereocenters. The van der Waals surface area contributed by atoms with Gasteiger partial charge in [-0.3, -0.25) is 4.90 Å². The number of amidine groups is 1. The highest BCUT2D eigenvalue weighted by molar-refractivity contribution is 5.97. The molecule has 0 aromatic heterocycles. The Labute approximate surface area is 139 Å². The van der Waals surface area contributed by atoms with Crippen molar-refractivity contribution in [1.29, 1.82) is 0 Å². The van der Waals surface area contributed by atoms with Crippen LogP contribution in [0.2, 0.25) is 0 Å². The Bertz CT molecular complexity index is 670. The van der Waals surface area contributed by atoms with Gasteiger partial charge in [0.1, 0.15) is 23.8 Å². The van der Waals surface area contributed by atoms with Gasteiger partial charge in [-0.25, -0.2) is 9.18 Å². The molecule has 1 aliphatic rings. The van der Waals surface area contributed by atoms with E-state index in [4.69, 9.17) is 20.4 Å². The molecule has 1 atom stereocenters. The minimum absolute atomic E-state index is 0.00764. The molecule has 24 heavy (non-hydrogen) atoms. The summed E-state index contributed by atoms with van der Waals surface area (Å²) in [6, 6.07) is 2.32. The minimum Gasteiger partial charge on any atom is -0.491 e. The monoisotopic (exact) mass is 339 g/mol. The van der Waals surface area contributed by atoms with Crippen LogP contribution in [-0.2, 0) is 11.3 Å². The fourth-order valence-electron chi connectivity index (χ4n) is 2.29. The van der Waals surface area contributed by atoms with Crippen LogP contribution in [0.5, 0.6) is 5.75 Å². The lowest BCUT2D eigenvalue weighted by Crippen LogP contribution is -2.43. The number of benzene rings is 1. The van der Waals surface area contributed by atoms with Crippen molar-refractivity contribution in [2.45, 2.75) is 45.9 Å². The Morgan fingerprint density at radius 3 is 2.75 bits per heavy atom. The number of oxime groups is 1. The van der Waals surface area contributed by atoms with E-state index in [1.54, 1.807) is 27.7 Å². The van der Waals surface area contributed by atoms with Gasteiger partial charge in [0.05, 0.1) is 12.6 Å². The van der Waals surface area contributed by atoms with Gasteiger partial charge in [0.15, 0.2) is 5.84 Å². The molecule has 1 amide bonds. The zero-order valence-electron chi connectivity index (χ0n) is 14.2. The van der Waals surface area contributed by atoms with Gasteiger partial charge in [-0.2, -0.15) is 0 Å². The number of ether oxygens (including phenoxy) is 2. The Hall–Kier alpha value is -2.51. The predicted molar refractivity (Wildman–Crippen MR) is 85.6 cm³/mol. The molecule has 0 radical (unpaired) electrons. The quantitative estimate of drug-likeness (QED) is 0.354. The summed E-state index contributed by atoms with van der Waals surface area (Å²) >= 11 is 0. The summed E-state index contributed by atoms with van der Waals surface area (Å²) in [6.07, 6.45) is -0.536. The second-order valence-electron chi connectivity index (χ2n) is 6.69. The standard InChI is InChI=1S/C16H22FN3O4/c1-9-8-23-13-6-10(14(18)19-22)5-12(17)11(13)7-20(9)15(21)24-16(2,3)4/h5-6,9,22H,7-8H2,1-4H3,(H2,18,19)/t9-/m0/s1. The van der Waals surface area contributed by atoms with Crippen LogP contribution in [0, 0.1) is 5.82 Å². The van der Waals surface area contributed by atoms with Gasteiger partial charge in [0, 0.05) is 11.1 Å². The first-order valence-electron chi connectivity index (χ1n) is 7.55. The van der Waals surface area contributed by atoms with Crippen molar-refractivity contribution in [2.75, 3.05) is 6.61 Å². The van der Waals surface area contributed by atoms with Crippen LogP contribution in [0.25, 0.3) is 0 Å². The van der Waals surface area contributed by atoms with E-state index in [2.05, 4.69) is 5.16 Å². The summed E-state index contributed by atoms with van der Waals surface area (Å²) in [6.45, 7) is 7.27. The maximum absolute atomic E-state index is 14.5. The van der Waals surface area contributed by atoms with E-state index < -0.39 is 17.5 Å². The summed E-state index contributed by atoms with van der Waals surface area (Å²) < 4.78 is 25.4. The summed E-state index contributed by atoms with van der Waals surface area (Å²) in [4.78, 5) is 13.8. The largest absolute Gasteiger partial charge is 0.491 e. The highest BCUT2D eigenvalue weighted by atomic mass is 19.1. The Balaban J connectivity index is 2.36. The number of carbonyl (C=O) groups is 1. The zero-order valence-corrected chi connectivity index (χ0v) is 14.2. The fourth-order valence-corrected chi connectivity index (χ4v) is 2.29. The number of carbonyl (C=O) groups excluding carboxylic acids is 1. The van der Waals surface area contributed by atoms with Crippen molar-refractivity contribution in [2.24, 2.45) is 10.9 Å². The molecule has 0 aliphatic carbocycles. The molecule has 0 saturated carbocycles. The molecule has 132 valence electrons. The number of hydrogen-bond donors (Lipinski definition) is 2. The Kier molecular flexibility index (Phi) is 4.86. The first-order valence-corrected chi connectivity index (χ1v) is 7.55. The maximum atomic E-state index is 14.5. The number of nitrogens with zero attached hydrogens (tertiary/aromatic N) is 2. The molecule has 3 N–H and O–H groups in total. The molecule has 1 aromatic rings. The Morgan fingerprint density at radius 2 is 2.17 bits per heavy atom. The number of rotatable bonds is 1. The average Bonchev–Trinajstić information content (AvgIpc) is 2.64. The molecule has 1 aromatic carbocycles. The van der Waals surface area contributed by atoms with Crippen LogP contribution in [0.3, 0.4) is 0 Å². The van der Waals surface area contributed by atoms with Crippen LogP contribution in [0.4, 0.5) is 9.18 Å². The maximum Gasteiger partial charge on any atom is 0.410 e. The molecule has 1 heterocycles. The number of nitrogens with two attached hydrogens (primary N) is 1. The molecule has 0 spiro atoms. The van der Waals surface area contributed by atoms with Crippen LogP contribution in [0.15, 0.2) is 17.3 Å². The molecule has 2 rings (SSSR count). The number of hydrogen-bond acceptors (Lipinski definition) is 5. The van der Waals surface area contributed by atoms with Gasteiger partial charge >= 0.3 is 6.09 Å². The van der Waals surface area contributed by atoms with Crippen molar-refractivity contribution in [3.05, 3.63) is 29.1 Å². The summed E-state index contributed by atoms with van der Waals surface area (Å²) in [5.74, 6) is -0.562. The normalized spacial score (nSPS) is 18.5. The molecule has 0 fully saturated rings. The zero-order chi connectivity index (χ0) is 18.1. The molecule has 0 saturated heterocycles. The average molecular weight is 339 g/mol. The lowest BCUT2D eigenvalue weighted by atomic mass is 10.1. The summed E-state index contributed by atoms with van der Waals surface area (Å²) in [7, 11) is 0. The highest BCUT2D eigenvalue weighted by Crippen LogP contribution is 2.30. The minimum atomic E-state index is -0.652. The first-order chi connectivity index (χ1) is 11.1. The summed E-state index contributed by atoms with van der Waals surface area (Å²) in [5, 5.41) is 11.6. The third-order valence-corrected chi connectivity index (χ3v) is 3.53. The third kappa shape index (κ3) is 3.87. The summed E-state index contributed by atoms with van der Waals surface area (Å²) in [5.41, 5.74) is 5.27. The van der Waals surface area contributed by atoms with Gasteiger partial charge < -0.3 is 20.4 Å². The highest BCUT2D eigenvalue weighted by Gasteiger charge is 2.31. The van der Waals surface area contributed by atoms with Crippen LogP contribution in [-0.4, -0.2) is 40.3 Å². The van der Waals surface area contributed by atoms with E-state index in [9.17, 15) is 9.18 Å². The van der Waals surface area contributed by atoms with Crippen molar-refractivity contribution in [1.82, 2.24) is 4.90 Å². The second kappa shape index (κ2) is 6.54. The second-order valence-corrected chi connectivity index (χ2v) is 6.69. The van der Waals surface area contributed by atoms with Gasteiger partial charge in [0.25, 0.3) is 0 Å². The van der Waals surface area contributed by atoms with E-state index >= 15 is 0 Å². The number of halogens is 1. The van der Waals surface area contributed by atoms with Gasteiger partial charge in [-0.1, -0.05) is 5.16 Å². The van der Waals surface area contributed by atoms with Crippen LogP contribution >= 0.6 is 0 Å². The first kappa shape index (κ1) is 17.8. The molecular formula is C16H22FN3O4. The predicted octanol–water partition coefficient (Wildman–Crippen LogP) is 2.44. The smallest absolute Gasteiger partial charge is 0.410 e. The van der Waals surface area contributed by atoms with E-state index in [0.717, 1.165) is 6.07 Å². The van der Waals surface area contributed by atoms with E-state index in [0.29, 0.717) is 0 Å². The SMILES string of the molecule is C[C@H]1COc2cc(C(N)=NO)cc(F)c2CN1C(=O)OC(C)(C)C. The fraction of sp³-hybridized carbons (Fsp3) is 0.500. The third-order valence-electron chi connectivity index (χ3n) is 3.53. The van der Waals surface area contributed by atoms with Gasteiger partial charge in [-0.05, 0) is 39.8 Å². The lowest BCUT2D eigenvalue weighted by molar-refractivity contribution is 0.0131. The number of fused-ring (bicyclic) bond motifs is 1. The molecule has 1 aliphatic heterocycles. The van der Waals surface area contributed by atoms with Crippen molar-refractivity contribution in [3.63, 3.8) is 0 Å². The van der Waals surface area contributed by atoms with Crippen molar-refractivity contribution >= 4 is 11.9 Å². The number of amides is 1.